The minimum Gasteiger partial charge on any atom is -0.385 e. The van der Waals surface area contributed by atoms with Gasteiger partial charge in [0.15, 0.2) is 0 Å². The summed E-state index contributed by atoms with van der Waals surface area (Å²) in [6, 6.07) is 5.68. The Hall–Kier alpha value is -0.530. The van der Waals surface area contributed by atoms with Crippen molar-refractivity contribution < 1.29 is 5.11 Å². The Kier molecular flexibility index (Phi) is 4.18. The Bertz CT molecular complexity index is 331. The van der Waals surface area contributed by atoms with E-state index in [1.807, 2.05) is 32.0 Å². The lowest BCUT2D eigenvalue weighted by atomic mass is 9.88. The SMILES string of the molecule is CCCCC(C)(O)c1cc(Cl)ccc1C. The van der Waals surface area contributed by atoms with E-state index in [0.29, 0.717) is 5.02 Å². The summed E-state index contributed by atoms with van der Waals surface area (Å²) < 4.78 is 0. The maximum absolute atomic E-state index is 10.4. The molecule has 1 rings (SSSR count). The summed E-state index contributed by atoms with van der Waals surface area (Å²) in [7, 11) is 0. The second-order valence-corrected chi connectivity index (χ2v) is 4.77. The molecule has 0 radical (unpaired) electrons. The first kappa shape index (κ1) is 12.5. The van der Waals surface area contributed by atoms with Crippen LogP contribution in [0.25, 0.3) is 0 Å². The van der Waals surface area contributed by atoms with Gasteiger partial charge in [0.25, 0.3) is 0 Å². The smallest absolute Gasteiger partial charge is 0.0871 e. The topological polar surface area (TPSA) is 20.2 Å². The number of rotatable bonds is 4. The summed E-state index contributed by atoms with van der Waals surface area (Å²) in [5.41, 5.74) is 1.29. The van der Waals surface area contributed by atoms with Crippen LogP contribution in [-0.2, 0) is 5.60 Å². The van der Waals surface area contributed by atoms with Crippen LogP contribution in [0.4, 0.5) is 0 Å². The number of aryl methyl sites for hydroxylation is 1. The van der Waals surface area contributed by atoms with Crippen LogP contribution in [0.3, 0.4) is 0 Å². The fourth-order valence-corrected chi connectivity index (χ4v) is 2.00. The molecule has 0 heterocycles. The van der Waals surface area contributed by atoms with Crippen molar-refractivity contribution in [1.29, 1.82) is 0 Å². The molecule has 0 bridgehead atoms. The van der Waals surface area contributed by atoms with Crippen LogP contribution >= 0.6 is 11.6 Å². The molecule has 15 heavy (non-hydrogen) atoms. The molecule has 1 aromatic carbocycles. The first-order valence-corrected chi connectivity index (χ1v) is 5.84. The Morgan fingerprint density at radius 1 is 1.40 bits per heavy atom. The van der Waals surface area contributed by atoms with Gasteiger partial charge in [-0.2, -0.15) is 0 Å². The summed E-state index contributed by atoms with van der Waals surface area (Å²) in [4.78, 5) is 0. The van der Waals surface area contributed by atoms with Crippen LogP contribution in [-0.4, -0.2) is 5.11 Å². The van der Waals surface area contributed by atoms with Crippen LogP contribution in [0.15, 0.2) is 18.2 Å². The summed E-state index contributed by atoms with van der Waals surface area (Å²) >= 11 is 5.95. The van der Waals surface area contributed by atoms with Crippen molar-refractivity contribution in [2.75, 3.05) is 0 Å². The van der Waals surface area contributed by atoms with Crippen molar-refractivity contribution >= 4 is 11.6 Å². The maximum atomic E-state index is 10.4. The van der Waals surface area contributed by atoms with Crippen molar-refractivity contribution in [3.8, 4) is 0 Å². The number of hydrogen-bond donors (Lipinski definition) is 1. The van der Waals surface area contributed by atoms with Gasteiger partial charge in [-0.25, -0.2) is 0 Å². The lowest BCUT2D eigenvalue weighted by molar-refractivity contribution is 0.0447. The number of aliphatic hydroxyl groups is 1. The quantitative estimate of drug-likeness (QED) is 0.822. The second-order valence-electron chi connectivity index (χ2n) is 4.34. The average molecular weight is 227 g/mol. The fraction of sp³-hybridized carbons (Fsp3) is 0.538. The molecule has 0 saturated carbocycles. The van der Waals surface area contributed by atoms with Gasteiger partial charge in [0.2, 0.25) is 0 Å². The average Bonchev–Trinajstić information content (AvgIpc) is 2.18. The van der Waals surface area contributed by atoms with Gasteiger partial charge in [0.05, 0.1) is 5.60 Å². The van der Waals surface area contributed by atoms with Crippen LogP contribution in [0, 0.1) is 6.92 Å². The Morgan fingerprint density at radius 3 is 2.67 bits per heavy atom. The van der Waals surface area contributed by atoms with E-state index in [-0.39, 0.29) is 0 Å². The maximum Gasteiger partial charge on any atom is 0.0871 e. The minimum atomic E-state index is -0.759. The van der Waals surface area contributed by atoms with Crippen LogP contribution in [0.2, 0.25) is 5.02 Å². The van der Waals surface area contributed by atoms with Gasteiger partial charge in [-0.15, -0.1) is 0 Å². The normalized spacial score (nSPS) is 15.0. The number of unbranched alkanes of at least 4 members (excludes halogenated alkanes) is 1. The van der Waals surface area contributed by atoms with E-state index in [2.05, 4.69) is 6.92 Å². The molecule has 0 amide bonds. The predicted molar refractivity (Wildman–Crippen MR) is 65.3 cm³/mol. The van der Waals surface area contributed by atoms with E-state index in [9.17, 15) is 5.11 Å². The van der Waals surface area contributed by atoms with Crippen LogP contribution in [0.1, 0.15) is 44.2 Å². The van der Waals surface area contributed by atoms with Crippen molar-refractivity contribution in [3.63, 3.8) is 0 Å². The highest BCUT2D eigenvalue weighted by molar-refractivity contribution is 6.30. The molecule has 1 N–H and O–H groups in total. The van der Waals surface area contributed by atoms with Crippen molar-refractivity contribution in [2.24, 2.45) is 0 Å². The molecule has 0 aliphatic heterocycles. The summed E-state index contributed by atoms with van der Waals surface area (Å²) in [6.07, 6.45) is 2.90. The lowest BCUT2D eigenvalue weighted by Crippen LogP contribution is -2.22. The molecule has 1 unspecified atom stereocenters. The highest BCUT2D eigenvalue weighted by Gasteiger charge is 2.24. The fourth-order valence-electron chi connectivity index (χ4n) is 1.83. The zero-order valence-electron chi connectivity index (χ0n) is 9.68. The van der Waals surface area contributed by atoms with Gasteiger partial charge in [-0.1, -0.05) is 37.4 Å². The monoisotopic (exact) mass is 226 g/mol. The molecule has 0 saturated heterocycles. The minimum absolute atomic E-state index is 0.687. The molecule has 2 heteroatoms. The third-order valence-electron chi connectivity index (χ3n) is 2.80. The molecular formula is C13H19ClO. The van der Waals surface area contributed by atoms with Gasteiger partial charge in [-0.05, 0) is 43.5 Å². The number of hydrogen-bond acceptors (Lipinski definition) is 1. The van der Waals surface area contributed by atoms with E-state index in [1.54, 1.807) is 0 Å². The van der Waals surface area contributed by atoms with Crippen molar-refractivity contribution in [3.05, 3.63) is 34.3 Å². The molecule has 1 atom stereocenters. The van der Waals surface area contributed by atoms with Crippen molar-refractivity contribution in [2.45, 2.75) is 45.6 Å². The highest BCUT2D eigenvalue weighted by Crippen LogP contribution is 2.30. The third-order valence-corrected chi connectivity index (χ3v) is 3.03. The zero-order valence-corrected chi connectivity index (χ0v) is 10.4. The highest BCUT2D eigenvalue weighted by atomic mass is 35.5. The summed E-state index contributed by atoms with van der Waals surface area (Å²) in [5.74, 6) is 0. The van der Waals surface area contributed by atoms with Gasteiger partial charge in [-0.3, -0.25) is 0 Å². The number of benzene rings is 1. The van der Waals surface area contributed by atoms with E-state index in [0.717, 1.165) is 30.4 Å². The predicted octanol–water partition coefficient (Wildman–Crippen LogP) is 4.05. The van der Waals surface area contributed by atoms with E-state index >= 15 is 0 Å². The summed E-state index contributed by atoms with van der Waals surface area (Å²) in [6.45, 7) is 5.99. The van der Waals surface area contributed by atoms with Gasteiger partial charge >= 0.3 is 0 Å². The Morgan fingerprint density at radius 2 is 2.07 bits per heavy atom. The lowest BCUT2D eigenvalue weighted by Gasteiger charge is -2.25. The molecular weight excluding hydrogens is 208 g/mol. The van der Waals surface area contributed by atoms with Crippen LogP contribution < -0.4 is 0 Å². The van der Waals surface area contributed by atoms with Crippen LogP contribution in [0.5, 0.6) is 0 Å². The molecule has 0 aromatic heterocycles. The molecule has 1 nitrogen and oxygen atoms in total. The van der Waals surface area contributed by atoms with Crippen molar-refractivity contribution in [1.82, 2.24) is 0 Å². The molecule has 0 spiro atoms. The first-order valence-electron chi connectivity index (χ1n) is 5.46. The molecule has 1 aromatic rings. The summed E-state index contributed by atoms with van der Waals surface area (Å²) in [5, 5.41) is 11.1. The standard InChI is InChI=1S/C13H19ClO/c1-4-5-8-13(3,15)12-9-11(14)7-6-10(12)2/h6-7,9,15H,4-5,8H2,1-3H3. The Labute approximate surface area is 97.1 Å². The Balaban J connectivity index is 2.97. The van der Waals surface area contributed by atoms with E-state index in [4.69, 9.17) is 11.6 Å². The van der Waals surface area contributed by atoms with E-state index in [1.165, 1.54) is 0 Å². The number of halogens is 1. The zero-order chi connectivity index (χ0) is 11.5. The molecule has 84 valence electrons. The first-order chi connectivity index (χ1) is 6.97. The van der Waals surface area contributed by atoms with E-state index < -0.39 is 5.60 Å². The largest absolute Gasteiger partial charge is 0.385 e. The molecule has 0 fully saturated rings. The molecule has 0 aliphatic carbocycles. The van der Waals surface area contributed by atoms with Gasteiger partial charge in [0.1, 0.15) is 0 Å². The van der Waals surface area contributed by atoms with Gasteiger partial charge in [0, 0.05) is 5.02 Å². The third kappa shape index (κ3) is 3.22. The van der Waals surface area contributed by atoms with Gasteiger partial charge < -0.3 is 5.11 Å². The molecule has 0 aliphatic rings. The second kappa shape index (κ2) is 5.00.